The molecule has 1 N–H and O–H groups in total. The van der Waals surface area contributed by atoms with Crippen molar-refractivity contribution in [2.45, 2.75) is 33.8 Å². The van der Waals surface area contributed by atoms with Gasteiger partial charge in [0, 0.05) is 5.56 Å². The van der Waals surface area contributed by atoms with E-state index < -0.39 is 0 Å². The SMILES string of the molecule is CCCOc1ccc(C(=O)N/N=C\c2ccc(OCc3ccc(C)cc3)c(OCC)c2)cc1. The van der Waals surface area contributed by atoms with Crippen LogP contribution in [0, 0.1) is 6.92 Å². The summed E-state index contributed by atoms with van der Waals surface area (Å²) in [6, 6.07) is 20.7. The Labute approximate surface area is 195 Å². The third-order valence-electron chi connectivity index (χ3n) is 4.75. The zero-order valence-corrected chi connectivity index (χ0v) is 19.3. The molecule has 6 nitrogen and oxygen atoms in total. The van der Waals surface area contributed by atoms with E-state index in [0.717, 1.165) is 23.3 Å². The van der Waals surface area contributed by atoms with Gasteiger partial charge in [-0.2, -0.15) is 5.10 Å². The first-order chi connectivity index (χ1) is 16.1. The standard InChI is InChI=1S/C27H30N2O4/c1-4-16-32-24-13-11-23(12-14-24)27(30)29-28-18-22-10-15-25(26(17-22)31-5-2)33-19-21-8-6-20(3)7-9-21/h6-15,17-18H,4-5,16,19H2,1-3H3,(H,29,30)/b28-18-. The van der Waals surface area contributed by atoms with Crippen LogP contribution in [0.4, 0.5) is 0 Å². The second-order valence-corrected chi connectivity index (χ2v) is 7.49. The van der Waals surface area contributed by atoms with E-state index in [-0.39, 0.29) is 5.91 Å². The highest BCUT2D eigenvalue weighted by Crippen LogP contribution is 2.29. The largest absolute Gasteiger partial charge is 0.494 e. The lowest BCUT2D eigenvalue weighted by Crippen LogP contribution is -2.17. The molecule has 0 saturated carbocycles. The van der Waals surface area contributed by atoms with Crippen LogP contribution in [0.3, 0.4) is 0 Å². The summed E-state index contributed by atoms with van der Waals surface area (Å²) in [5.74, 6) is 1.73. The van der Waals surface area contributed by atoms with Crippen LogP contribution in [0.15, 0.2) is 71.8 Å². The number of nitrogens with one attached hydrogen (secondary N) is 1. The molecule has 33 heavy (non-hydrogen) atoms. The lowest BCUT2D eigenvalue weighted by atomic mass is 10.2. The number of hydrazone groups is 1. The molecule has 3 aromatic carbocycles. The third-order valence-corrected chi connectivity index (χ3v) is 4.75. The van der Waals surface area contributed by atoms with Crippen molar-refractivity contribution in [3.63, 3.8) is 0 Å². The lowest BCUT2D eigenvalue weighted by molar-refractivity contribution is 0.0955. The first kappa shape index (κ1) is 23.9. The van der Waals surface area contributed by atoms with Gasteiger partial charge in [0.05, 0.1) is 19.4 Å². The summed E-state index contributed by atoms with van der Waals surface area (Å²) in [6.07, 6.45) is 2.50. The summed E-state index contributed by atoms with van der Waals surface area (Å²) in [7, 11) is 0. The van der Waals surface area contributed by atoms with E-state index in [1.165, 1.54) is 5.56 Å². The van der Waals surface area contributed by atoms with Crippen molar-refractivity contribution in [2.75, 3.05) is 13.2 Å². The van der Waals surface area contributed by atoms with E-state index in [4.69, 9.17) is 14.2 Å². The van der Waals surface area contributed by atoms with E-state index in [1.807, 2.05) is 44.2 Å². The molecule has 0 atom stereocenters. The van der Waals surface area contributed by atoms with Crippen molar-refractivity contribution in [2.24, 2.45) is 5.10 Å². The van der Waals surface area contributed by atoms with Gasteiger partial charge in [-0.05, 0) is 73.9 Å². The average Bonchev–Trinajstić information content (AvgIpc) is 2.83. The first-order valence-corrected chi connectivity index (χ1v) is 11.1. The number of carbonyl (C=O) groups is 1. The zero-order valence-electron chi connectivity index (χ0n) is 19.3. The highest BCUT2D eigenvalue weighted by molar-refractivity contribution is 5.95. The minimum absolute atomic E-state index is 0.295. The van der Waals surface area contributed by atoms with Crippen LogP contribution in [0.1, 0.15) is 47.3 Å². The van der Waals surface area contributed by atoms with Crippen LogP contribution >= 0.6 is 0 Å². The summed E-state index contributed by atoms with van der Waals surface area (Å²) < 4.78 is 17.2. The van der Waals surface area contributed by atoms with Crippen molar-refractivity contribution < 1.29 is 19.0 Å². The molecule has 0 fully saturated rings. The van der Waals surface area contributed by atoms with Gasteiger partial charge in [0.2, 0.25) is 0 Å². The molecule has 0 unspecified atom stereocenters. The van der Waals surface area contributed by atoms with Crippen LogP contribution in [-0.4, -0.2) is 25.3 Å². The molecule has 3 aromatic rings. The maximum absolute atomic E-state index is 12.3. The molecule has 6 heteroatoms. The monoisotopic (exact) mass is 446 g/mol. The minimum atomic E-state index is -0.295. The summed E-state index contributed by atoms with van der Waals surface area (Å²) in [6.45, 7) is 7.63. The fraction of sp³-hybridized carbons (Fsp3) is 0.259. The van der Waals surface area contributed by atoms with Crippen molar-refractivity contribution >= 4 is 12.1 Å². The fourth-order valence-electron chi connectivity index (χ4n) is 2.99. The highest BCUT2D eigenvalue weighted by Gasteiger charge is 2.08. The molecule has 1 amide bonds. The van der Waals surface area contributed by atoms with Crippen molar-refractivity contribution in [1.29, 1.82) is 0 Å². The topological polar surface area (TPSA) is 69.2 Å². The highest BCUT2D eigenvalue weighted by atomic mass is 16.5. The number of nitrogens with zero attached hydrogens (tertiary/aromatic N) is 1. The molecule has 172 valence electrons. The smallest absolute Gasteiger partial charge is 0.271 e. The summed E-state index contributed by atoms with van der Waals surface area (Å²) in [4.78, 5) is 12.3. The molecule has 0 spiro atoms. The predicted molar refractivity (Wildman–Crippen MR) is 130 cm³/mol. The number of hydrogen-bond acceptors (Lipinski definition) is 5. The molecule has 0 heterocycles. The van der Waals surface area contributed by atoms with E-state index in [0.29, 0.717) is 36.9 Å². The number of hydrogen-bond donors (Lipinski definition) is 1. The number of benzene rings is 3. The Hall–Kier alpha value is -3.80. The van der Waals surface area contributed by atoms with Gasteiger partial charge in [0.25, 0.3) is 5.91 Å². The number of rotatable bonds is 11. The van der Waals surface area contributed by atoms with Gasteiger partial charge in [-0.15, -0.1) is 0 Å². The van der Waals surface area contributed by atoms with Gasteiger partial charge in [-0.3, -0.25) is 4.79 Å². The maximum Gasteiger partial charge on any atom is 0.271 e. The van der Waals surface area contributed by atoms with Crippen LogP contribution in [0.2, 0.25) is 0 Å². The number of carbonyl (C=O) groups excluding carboxylic acids is 1. The van der Waals surface area contributed by atoms with Gasteiger partial charge >= 0.3 is 0 Å². The van der Waals surface area contributed by atoms with Gasteiger partial charge < -0.3 is 14.2 Å². The van der Waals surface area contributed by atoms with E-state index in [9.17, 15) is 4.79 Å². The van der Waals surface area contributed by atoms with Crippen molar-refractivity contribution in [1.82, 2.24) is 5.43 Å². The molecule has 0 radical (unpaired) electrons. The molecule has 3 rings (SSSR count). The maximum atomic E-state index is 12.3. The Morgan fingerprint density at radius 1 is 0.909 bits per heavy atom. The van der Waals surface area contributed by atoms with Crippen molar-refractivity contribution in [3.05, 3.63) is 89.0 Å². The van der Waals surface area contributed by atoms with Crippen LogP contribution in [0.25, 0.3) is 0 Å². The predicted octanol–water partition coefficient (Wildman–Crippen LogP) is 5.53. The Morgan fingerprint density at radius 2 is 1.67 bits per heavy atom. The molecule has 0 aliphatic rings. The van der Waals surface area contributed by atoms with Gasteiger partial charge in [-0.1, -0.05) is 36.8 Å². The molecule has 0 saturated heterocycles. The van der Waals surface area contributed by atoms with Crippen LogP contribution in [0.5, 0.6) is 17.2 Å². The summed E-state index contributed by atoms with van der Waals surface area (Å²) in [5.41, 5.74) is 6.13. The summed E-state index contributed by atoms with van der Waals surface area (Å²) in [5, 5.41) is 4.07. The number of aryl methyl sites for hydroxylation is 1. The first-order valence-electron chi connectivity index (χ1n) is 11.1. The molecule has 0 aromatic heterocycles. The lowest BCUT2D eigenvalue weighted by Gasteiger charge is -2.13. The second kappa shape index (κ2) is 12.3. The van der Waals surface area contributed by atoms with Gasteiger partial charge in [0.15, 0.2) is 11.5 Å². The van der Waals surface area contributed by atoms with Crippen LogP contribution in [-0.2, 0) is 6.61 Å². The van der Waals surface area contributed by atoms with Crippen LogP contribution < -0.4 is 19.6 Å². The molecular formula is C27H30N2O4. The Bertz CT molecular complexity index is 1060. The minimum Gasteiger partial charge on any atom is -0.494 e. The quantitative estimate of drug-likeness (QED) is 0.311. The van der Waals surface area contributed by atoms with Gasteiger partial charge in [0.1, 0.15) is 12.4 Å². The van der Waals surface area contributed by atoms with E-state index in [1.54, 1.807) is 30.5 Å². The Kier molecular flexibility index (Phi) is 8.88. The molecular weight excluding hydrogens is 416 g/mol. The Balaban J connectivity index is 1.59. The molecule has 0 aliphatic heterocycles. The van der Waals surface area contributed by atoms with E-state index in [2.05, 4.69) is 29.6 Å². The Morgan fingerprint density at radius 3 is 2.36 bits per heavy atom. The second-order valence-electron chi connectivity index (χ2n) is 7.49. The van der Waals surface area contributed by atoms with Gasteiger partial charge in [-0.25, -0.2) is 5.43 Å². The third kappa shape index (κ3) is 7.38. The zero-order chi connectivity index (χ0) is 23.5. The normalized spacial score (nSPS) is 10.8. The number of ether oxygens (including phenoxy) is 3. The van der Waals surface area contributed by atoms with E-state index >= 15 is 0 Å². The average molecular weight is 447 g/mol. The van der Waals surface area contributed by atoms with Crippen molar-refractivity contribution in [3.8, 4) is 17.2 Å². The molecule has 0 bridgehead atoms. The summed E-state index contributed by atoms with van der Waals surface area (Å²) >= 11 is 0. The fourth-order valence-corrected chi connectivity index (χ4v) is 2.99. The number of amides is 1. The molecule has 0 aliphatic carbocycles.